The molecular formula is C15H21ClN2O2. The average molecular weight is 297 g/mol. The number of carbonyl (C=O) groups is 1. The van der Waals surface area contributed by atoms with E-state index < -0.39 is 0 Å². The molecule has 0 aromatic heterocycles. The first kappa shape index (κ1) is 15.3. The van der Waals surface area contributed by atoms with Crippen molar-refractivity contribution in [3.8, 4) is 0 Å². The predicted octanol–water partition coefficient (Wildman–Crippen LogP) is 1.85. The summed E-state index contributed by atoms with van der Waals surface area (Å²) >= 11 is 6.18. The number of hydrogen-bond donors (Lipinski definition) is 1. The number of nitrogens with zero attached hydrogens (tertiary/aromatic N) is 1. The Balaban J connectivity index is 1.80. The van der Waals surface area contributed by atoms with Crippen molar-refractivity contribution < 1.29 is 9.53 Å². The molecule has 0 bridgehead atoms. The minimum atomic E-state index is 0.0755. The zero-order chi connectivity index (χ0) is 14.4. The first-order valence-corrected chi connectivity index (χ1v) is 7.32. The van der Waals surface area contributed by atoms with E-state index in [1.165, 1.54) is 11.1 Å². The summed E-state index contributed by atoms with van der Waals surface area (Å²) < 4.78 is 4.95. The maximum atomic E-state index is 11.8. The normalized spacial score (nSPS) is 14.9. The molecule has 5 heteroatoms. The Bertz CT molecular complexity index is 465. The van der Waals surface area contributed by atoms with Gasteiger partial charge in [0, 0.05) is 38.4 Å². The van der Waals surface area contributed by atoms with Crippen molar-refractivity contribution in [2.75, 3.05) is 33.4 Å². The van der Waals surface area contributed by atoms with Gasteiger partial charge >= 0.3 is 0 Å². The molecular weight excluding hydrogens is 276 g/mol. The van der Waals surface area contributed by atoms with Crippen LogP contribution in [0.5, 0.6) is 0 Å². The number of fused-ring (bicyclic) bond motifs is 1. The van der Waals surface area contributed by atoms with Gasteiger partial charge in [-0.2, -0.15) is 0 Å². The van der Waals surface area contributed by atoms with Crippen molar-refractivity contribution in [2.24, 2.45) is 0 Å². The van der Waals surface area contributed by atoms with Crippen molar-refractivity contribution in [3.05, 3.63) is 34.3 Å². The highest BCUT2D eigenvalue weighted by Gasteiger charge is 2.19. The minimum Gasteiger partial charge on any atom is -0.385 e. The first-order chi connectivity index (χ1) is 9.70. The molecule has 1 amide bonds. The second-order valence-corrected chi connectivity index (χ2v) is 5.44. The number of benzene rings is 1. The van der Waals surface area contributed by atoms with Crippen LogP contribution in [-0.2, 0) is 22.5 Å². The molecule has 1 aromatic rings. The fourth-order valence-corrected chi connectivity index (χ4v) is 2.75. The Morgan fingerprint density at radius 3 is 3.15 bits per heavy atom. The fourth-order valence-electron chi connectivity index (χ4n) is 2.46. The molecule has 0 saturated carbocycles. The van der Waals surface area contributed by atoms with Gasteiger partial charge in [-0.1, -0.05) is 23.7 Å². The highest BCUT2D eigenvalue weighted by molar-refractivity contribution is 6.31. The van der Waals surface area contributed by atoms with E-state index in [1.807, 2.05) is 12.1 Å². The summed E-state index contributed by atoms with van der Waals surface area (Å²) in [4.78, 5) is 14.0. The average Bonchev–Trinajstić information content (AvgIpc) is 2.44. The van der Waals surface area contributed by atoms with Gasteiger partial charge in [-0.25, -0.2) is 0 Å². The third-order valence-electron chi connectivity index (χ3n) is 3.50. The summed E-state index contributed by atoms with van der Waals surface area (Å²) in [5.41, 5.74) is 2.46. The number of halogens is 1. The van der Waals surface area contributed by atoms with Crippen LogP contribution in [0.3, 0.4) is 0 Å². The van der Waals surface area contributed by atoms with Gasteiger partial charge in [-0.15, -0.1) is 0 Å². The Labute approximate surface area is 125 Å². The second kappa shape index (κ2) is 7.62. The summed E-state index contributed by atoms with van der Waals surface area (Å²) in [7, 11) is 1.66. The van der Waals surface area contributed by atoms with Crippen molar-refractivity contribution in [2.45, 2.75) is 19.4 Å². The molecule has 20 heavy (non-hydrogen) atoms. The molecule has 0 saturated heterocycles. The van der Waals surface area contributed by atoms with E-state index in [9.17, 15) is 4.79 Å². The highest BCUT2D eigenvalue weighted by Crippen LogP contribution is 2.25. The summed E-state index contributed by atoms with van der Waals surface area (Å²) in [5, 5.41) is 3.75. The Hall–Kier alpha value is -1.10. The van der Waals surface area contributed by atoms with Gasteiger partial charge in [0.1, 0.15) is 0 Å². The van der Waals surface area contributed by atoms with Crippen LogP contribution in [0, 0.1) is 0 Å². The zero-order valence-corrected chi connectivity index (χ0v) is 12.6. The highest BCUT2D eigenvalue weighted by atomic mass is 35.5. The van der Waals surface area contributed by atoms with Crippen LogP contribution in [-0.4, -0.2) is 44.2 Å². The van der Waals surface area contributed by atoms with E-state index in [-0.39, 0.29) is 5.91 Å². The molecule has 1 N–H and O–H groups in total. The van der Waals surface area contributed by atoms with Crippen molar-refractivity contribution in [3.63, 3.8) is 0 Å². The van der Waals surface area contributed by atoms with Gasteiger partial charge in [0.05, 0.1) is 6.54 Å². The standard InChI is InChI=1S/C15H21ClN2O2/c1-20-9-3-7-17-15(19)11-18-8-6-13-12(10-18)4-2-5-14(13)16/h2,4-5H,3,6-11H2,1H3,(H,17,19). The molecule has 110 valence electrons. The molecule has 1 aliphatic rings. The van der Waals surface area contributed by atoms with E-state index in [4.69, 9.17) is 16.3 Å². The lowest BCUT2D eigenvalue weighted by molar-refractivity contribution is -0.122. The Morgan fingerprint density at radius 1 is 1.50 bits per heavy atom. The Morgan fingerprint density at radius 2 is 2.35 bits per heavy atom. The molecule has 1 aliphatic heterocycles. The van der Waals surface area contributed by atoms with Crippen LogP contribution in [0.1, 0.15) is 17.5 Å². The first-order valence-electron chi connectivity index (χ1n) is 6.95. The van der Waals surface area contributed by atoms with Crippen molar-refractivity contribution in [1.82, 2.24) is 10.2 Å². The number of hydrogen-bond acceptors (Lipinski definition) is 3. The topological polar surface area (TPSA) is 41.6 Å². The molecule has 0 aliphatic carbocycles. The Kier molecular flexibility index (Phi) is 5.83. The van der Waals surface area contributed by atoms with Gasteiger partial charge in [0.2, 0.25) is 5.91 Å². The third-order valence-corrected chi connectivity index (χ3v) is 3.86. The van der Waals surface area contributed by atoms with Crippen LogP contribution in [0.25, 0.3) is 0 Å². The smallest absolute Gasteiger partial charge is 0.234 e. The molecule has 0 fully saturated rings. The number of methoxy groups -OCH3 is 1. The molecule has 0 spiro atoms. The van der Waals surface area contributed by atoms with E-state index in [2.05, 4.69) is 16.3 Å². The SMILES string of the molecule is COCCCNC(=O)CN1CCc2c(Cl)cccc2C1. The van der Waals surface area contributed by atoms with Crippen molar-refractivity contribution in [1.29, 1.82) is 0 Å². The van der Waals surface area contributed by atoms with Gasteiger partial charge in [-0.05, 0) is 30.0 Å². The van der Waals surface area contributed by atoms with Gasteiger partial charge in [-0.3, -0.25) is 9.69 Å². The fraction of sp³-hybridized carbons (Fsp3) is 0.533. The molecule has 1 aromatic carbocycles. The van der Waals surface area contributed by atoms with Crippen LogP contribution in [0.4, 0.5) is 0 Å². The van der Waals surface area contributed by atoms with Crippen LogP contribution < -0.4 is 5.32 Å². The summed E-state index contributed by atoms with van der Waals surface area (Å²) in [6, 6.07) is 5.98. The number of rotatable bonds is 6. The van der Waals surface area contributed by atoms with Crippen LogP contribution >= 0.6 is 11.6 Å². The largest absolute Gasteiger partial charge is 0.385 e. The van der Waals surface area contributed by atoms with Crippen LogP contribution in [0.2, 0.25) is 5.02 Å². The van der Waals surface area contributed by atoms with Gasteiger partial charge in [0.25, 0.3) is 0 Å². The number of amides is 1. The molecule has 2 rings (SSSR count). The predicted molar refractivity (Wildman–Crippen MR) is 79.9 cm³/mol. The molecule has 0 atom stereocenters. The van der Waals surface area contributed by atoms with Gasteiger partial charge < -0.3 is 10.1 Å². The molecule has 0 unspecified atom stereocenters. The second-order valence-electron chi connectivity index (χ2n) is 5.03. The number of carbonyl (C=O) groups excluding carboxylic acids is 1. The maximum Gasteiger partial charge on any atom is 0.234 e. The molecule has 4 nitrogen and oxygen atoms in total. The lowest BCUT2D eigenvalue weighted by Crippen LogP contribution is -2.40. The number of nitrogens with one attached hydrogen (secondary N) is 1. The zero-order valence-electron chi connectivity index (χ0n) is 11.8. The van der Waals surface area contributed by atoms with E-state index in [1.54, 1.807) is 7.11 Å². The van der Waals surface area contributed by atoms with Crippen molar-refractivity contribution >= 4 is 17.5 Å². The quantitative estimate of drug-likeness (QED) is 0.815. The molecule has 0 radical (unpaired) electrons. The monoisotopic (exact) mass is 296 g/mol. The minimum absolute atomic E-state index is 0.0755. The third kappa shape index (κ3) is 4.20. The van der Waals surface area contributed by atoms with Gasteiger partial charge in [0.15, 0.2) is 0 Å². The van der Waals surface area contributed by atoms with E-state index in [0.717, 1.165) is 31.0 Å². The van der Waals surface area contributed by atoms with Crippen LogP contribution in [0.15, 0.2) is 18.2 Å². The summed E-state index contributed by atoms with van der Waals surface area (Å²) in [6.45, 7) is 3.46. The lowest BCUT2D eigenvalue weighted by atomic mass is 10.00. The summed E-state index contributed by atoms with van der Waals surface area (Å²) in [6.07, 6.45) is 1.76. The van der Waals surface area contributed by atoms with E-state index >= 15 is 0 Å². The lowest BCUT2D eigenvalue weighted by Gasteiger charge is -2.28. The summed E-state index contributed by atoms with van der Waals surface area (Å²) in [5.74, 6) is 0.0755. The molecule has 1 heterocycles. The van der Waals surface area contributed by atoms with E-state index in [0.29, 0.717) is 19.7 Å². The maximum absolute atomic E-state index is 11.8. The number of ether oxygens (including phenoxy) is 1.